The Bertz CT molecular complexity index is 1070. The summed E-state index contributed by atoms with van der Waals surface area (Å²) in [6.45, 7) is 0. The minimum absolute atomic E-state index is 0.237. The average Bonchev–Trinajstić information content (AvgIpc) is 3.26. The van der Waals surface area contributed by atoms with E-state index in [4.69, 9.17) is 4.52 Å². The van der Waals surface area contributed by atoms with E-state index < -0.39 is 0 Å². The first-order valence-corrected chi connectivity index (χ1v) is 8.77. The number of aromatic nitrogens is 5. The minimum Gasteiger partial charge on any atom is -0.355 e. The van der Waals surface area contributed by atoms with Crippen LogP contribution in [-0.4, -0.2) is 30.8 Å². The zero-order valence-electron chi connectivity index (χ0n) is 13.8. The fraction of sp³-hybridized carbons (Fsp3) is 0.118. The van der Waals surface area contributed by atoms with E-state index >= 15 is 0 Å². The molecule has 0 aliphatic rings. The predicted molar refractivity (Wildman–Crippen MR) is 96.8 cm³/mol. The number of rotatable bonds is 5. The standard InChI is InChI=1S/C17H14N6O2S/c1-23-10-19-21-17(23)26-9-11-6-7-18-14(8-11)20-16(24)15-12-4-2-3-5-13(12)25-22-15/h2-8,10H,9H2,1H3,(H,18,20,24). The molecule has 0 fully saturated rings. The van der Waals surface area contributed by atoms with Gasteiger partial charge in [-0.15, -0.1) is 10.2 Å². The monoisotopic (exact) mass is 366 g/mol. The first-order valence-electron chi connectivity index (χ1n) is 7.78. The molecular weight excluding hydrogens is 352 g/mol. The van der Waals surface area contributed by atoms with Gasteiger partial charge in [0.25, 0.3) is 5.91 Å². The molecule has 1 aromatic carbocycles. The maximum absolute atomic E-state index is 12.5. The number of carbonyl (C=O) groups is 1. The highest BCUT2D eigenvalue weighted by Gasteiger charge is 2.16. The summed E-state index contributed by atoms with van der Waals surface area (Å²) in [7, 11) is 1.89. The zero-order chi connectivity index (χ0) is 17.9. The van der Waals surface area contributed by atoms with Crippen LogP contribution >= 0.6 is 11.8 Å². The third kappa shape index (κ3) is 3.29. The molecule has 26 heavy (non-hydrogen) atoms. The summed E-state index contributed by atoms with van der Waals surface area (Å²) < 4.78 is 7.02. The van der Waals surface area contributed by atoms with E-state index in [1.54, 1.807) is 36.4 Å². The number of hydrogen-bond acceptors (Lipinski definition) is 7. The molecule has 9 heteroatoms. The maximum atomic E-state index is 12.5. The summed E-state index contributed by atoms with van der Waals surface area (Å²) >= 11 is 1.56. The van der Waals surface area contributed by atoms with E-state index in [0.29, 0.717) is 22.5 Å². The highest BCUT2D eigenvalue weighted by molar-refractivity contribution is 7.98. The first-order chi connectivity index (χ1) is 12.7. The highest BCUT2D eigenvalue weighted by Crippen LogP contribution is 2.22. The van der Waals surface area contributed by atoms with Gasteiger partial charge in [0.15, 0.2) is 16.4 Å². The topological polar surface area (TPSA) is 98.7 Å². The van der Waals surface area contributed by atoms with Gasteiger partial charge < -0.3 is 14.4 Å². The summed E-state index contributed by atoms with van der Waals surface area (Å²) in [6.07, 6.45) is 3.31. The predicted octanol–water partition coefficient (Wildman–Crippen LogP) is 2.90. The van der Waals surface area contributed by atoms with Crippen LogP contribution in [0.25, 0.3) is 11.0 Å². The van der Waals surface area contributed by atoms with Crippen molar-refractivity contribution in [1.29, 1.82) is 0 Å². The van der Waals surface area contributed by atoms with Crippen LogP contribution in [-0.2, 0) is 12.8 Å². The largest absolute Gasteiger partial charge is 0.355 e. The van der Waals surface area contributed by atoms with E-state index in [-0.39, 0.29) is 11.6 Å². The lowest BCUT2D eigenvalue weighted by atomic mass is 10.2. The van der Waals surface area contributed by atoms with E-state index in [0.717, 1.165) is 10.7 Å². The number of aryl methyl sites for hydroxylation is 1. The zero-order valence-corrected chi connectivity index (χ0v) is 14.6. The number of amides is 1. The van der Waals surface area contributed by atoms with Gasteiger partial charge in [0.2, 0.25) is 0 Å². The second-order valence-corrected chi connectivity index (χ2v) is 6.49. The third-order valence-corrected chi connectivity index (χ3v) is 4.80. The van der Waals surface area contributed by atoms with Crippen LogP contribution in [0.15, 0.2) is 58.6 Å². The number of para-hydroxylation sites is 1. The van der Waals surface area contributed by atoms with E-state index in [2.05, 4.69) is 25.7 Å². The average molecular weight is 366 g/mol. The molecule has 0 aliphatic carbocycles. The second-order valence-electron chi connectivity index (χ2n) is 5.54. The van der Waals surface area contributed by atoms with Crippen molar-refractivity contribution in [3.8, 4) is 0 Å². The Balaban J connectivity index is 1.48. The molecule has 0 aliphatic heterocycles. The summed E-state index contributed by atoms with van der Waals surface area (Å²) in [5.41, 5.74) is 1.81. The third-order valence-electron chi connectivity index (χ3n) is 3.70. The van der Waals surface area contributed by atoms with Gasteiger partial charge in [0, 0.05) is 19.0 Å². The van der Waals surface area contributed by atoms with Gasteiger partial charge in [0.1, 0.15) is 12.1 Å². The maximum Gasteiger partial charge on any atom is 0.279 e. The van der Waals surface area contributed by atoms with E-state index in [1.165, 1.54) is 0 Å². The molecule has 0 saturated carbocycles. The van der Waals surface area contributed by atoms with Gasteiger partial charge in [-0.05, 0) is 29.8 Å². The molecule has 0 atom stereocenters. The normalized spacial score (nSPS) is 11.0. The molecule has 8 nitrogen and oxygen atoms in total. The molecule has 0 unspecified atom stereocenters. The molecule has 0 bridgehead atoms. The number of anilines is 1. The van der Waals surface area contributed by atoms with Crippen LogP contribution in [0.3, 0.4) is 0 Å². The van der Waals surface area contributed by atoms with Gasteiger partial charge in [0.05, 0.1) is 5.39 Å². The van der Waals surface area contributed by atoms with Crippen LogP contribution in [0.2, 0.25) is 0 Å². The molecule has 130 valence electrons. The van der Waals surface area contributed by atoms with Crippen LogP contribution in [0.4, 0.5) is 5.82 Å². The summed E-state index contributed by atoms with van der Waals surface area (Å²) in [6, 6.07) is 10.9. The van der Waals surface area contributed by atoms with E-state index in [1.807, 2.05) is 35.9 Å². The van der Waals surface area contributed by atoms with Crippen molar-refractivity contribution in [3.05, 3.63) is 60.2 Å². The highest BCUT2D eigenvalue weighted by atomic mass is 32.2. The molecule has 4 aromatic rings. The van der Waals surface area contributed by atoms with Gasteiger partial charge in [-0.2, -0.15) is 0 Å². The second kappa shape index (κ2) is 6.96. The Morgan fingerprint density at radius 1 is 1.31 bits per heavy atom. The number of benzene rings is 1. The fourth-order valence-electron chi connectivity index (χ4n) is 2.41. The van der Waals surface area contributed by atoms with Gasteiger partial charge >= 0.3 is 0 Å². The Hall–Kier alpha value is -3.20. The van der Waals surface area contributed by atoms with Crippen molar-refractivity contribution in [1.82, 2.24) is 24.9 Å². The fourth-order valence-corrected chi connectivity index (χ4v) is 3.24. The van der Waals surface area contributed by atoms with E-state index in [9.17, 15) is 4.79 Å². The Labute approximate surface area is 152 Å². The van der Waals surface area contributed by atoms with Crippen LogP contribution < -0.4 is 5.32 Å². The van der Waals surface area contributed by atoms with Crippen molar-refractivity contribution in [2.75, 3.05) is 5.32 Å². The molecule has 3 heterocycles. The molecule has 1 N–H and O–H groups in total. The number of nitrogens with zero attached hydrogens (tertiary/aromatic N) is 5. The van der Waals surface area contributed by atoms with Crippen molar-refractivity contribution < 1.29 is 9.32 Å². The number of thioether (sulfide) groups is 1. The molecule has 0 saturated heterocycles. The molecule has 4 rings (SSSR count). The Morgan fingerprint density at radius 3 is 3.04 bits per heavy atom. The summed E-state index contributed by atoms with van der Waals surface area (Å²) in [5.74, 6) is 0.781. The first kappa shape index (κ1) is 16.3. The Kier molecular flexibility index (Phi) is 4.36. The summed E-state index contributed by atoms with van der Waals surface area (Å²) in [4.78, 5) is 16.7. The van der Waals surface area contributed by atoms with Crippen LogP contribution in [0.5, 0.6) is 0 Å². The smallest absolute Gasteiger partial charge is 0.279 e. The molecule has 0 spiro atoms. The SMILES string of the molecule is Cn1cnnc1SCc1ccnc(NC(=O)c2noc3ccccc23)c1. The molecule has 0 radical (unpaired) electrons. The van der Waals surface area contributed by atoms with Gasteiger partial charge in [-0.3, -0.25) is 4.79 Å². The quantitative estimate of drug-likeness (QED) is 0.542. The Morgan fingerprint density at radius 2 is 2.19 bits per heavy atom. The van der Waals surface area contributed by atoms with Gasteiger partial charge in [-0.25, -0.2) is 4.98 Å². The lowest BCUT2D eigenvalue weighted by Gasteiger charge is -2.05. The summed E-state index contributed by atoms with van der Waals surface area (Å²) in [5, 5.41) is 16.0. The van der Waals surface area contributed by atoms with Crippen LogP contribution in [0, 0.1) is 0 Å². The number of fused-ring (bicyclic) bond motifs is 1. The van der Waals surface area contributed by atoms with Gasteiger partial charge in [-0.1, -0.05) is 29.1 Å². The lowest BCUT2D eigenvalue weighted by molar-refractivity contribution is 0.101. The lowest BCUT2D eigenvalue weighted by Crippen LogP contribution is -2.13. The van der Waals surface area contributed by atoms with Crippen LogP contribution in [0.1, 0.15) is 16.1 Å². The van der Waals surface area contributed by atoms with Crippen molar-refractivity contribution in [2.45, 2.75) is 10.9 Å². The molecule has 3 aromatic heterocycles. The number of nitrogens with one attached hydrogen (secondary N) is 1. The molecular formula is C17H14N6O2S. The number of carbonyl (C=O) groups excluding carboxylic acids is 1. The minimum atomic E-state index is -0.361. The van der Waals surface area contributed by atoms with Crippen molar-refractivity contribution >= 4 is 34.5 Å². The van der Waals surface area contributed by atoms with Crippen molar-refractivity contribution in [3.63, 3.8) is 0 Å². The van der Waals surface area contributed by atoms with Crippen molar-refractivity contribution in [2.24, 2.45) is 7.05 Å². The number of hydrogen-bond donors (Lipinski definition) is 1. The molecule has 1 amide bonds. The number of pyridine rings is 1.